The summed E-state index contributed by atoms with van der Waals surface area (Å²) in [5.74, 6) is 0.110. The van der Waals surface area contributed by atoms with Crippen LogP contribution in [0.1, 0.15) is 33.1 Å². The minimum Gasteiger partial charge on any atom is -0.383 e. The van der Waals surface area contributed by atoms with Gasteiger partial charge in [-0.15, -0.1) is 0 Å². The number of hydrogen-bond acceptors (Lipinski definition) is 4. The van der Waals surface area contributed by atoms with Gasteiger partial charge in [0.1, 0.15) is 10.7 Å². The first-order valence-corrected chi connectivity index (χ1v) is 7.24. The van der Waals surface area contributed by atoms with Crippen LogP contribution < -0.4 is 5.73 Å². The molecule has 1 fully saturated rings. The van der Waals surface area contributed by atoms with Crippen molar-refractivity contribution < 1.29 is 8.42 Å². The molecule has 96 valence electrons. The number of nitrogens with zero attached hydrogens (tertiary/aromatic N) is 2. The fourth-order valence-corrected chi connectivity index (χ4v) is 4.43. The first kappa shape index (κ1) is 12.4. The van der Waals surface area contributed by atoms with E-state index in [9.17, 15) is 8.42 Å². The van der Waals surface area contributed by atoms with Gasteiger partial charge in [0.25, 0.3) is 0 Å². The molecule has 1 aromatic heterocycles. The quantitative estimate of drug-likeness (QED) is 0.844. The largest absolute Gasteiger partial charge is 0.383 e. The Morgan fingerprint density at radius 1 is 1.59 bits per heavy atom. The number of nitrogen functional groups attached to an aromatic ring is 1. The highest BCUT2D eigenvalue weighted by atomic mass is 32.2. The number of nitrogens with one attached hydrogen (secondary N) is 1. The fourth-order valence-electron chi connectivity index (χ4n) is 2.47. The Morgan fingerprint density at radius 3 is 2.82 bits per heavy atom. The summed E-state index contributed by atoms with van der Waals surface area (Å²) >= 11 is 0. The van der Waals surface area contributed by atoms with E-state index in [-0.39, 0.29) is 22.8 Å². The summed E-state index contributed by atoms with van der Waals surface area (Å²) in [7, 11) is -3.52. The maximum absolute atomic E-state index is 12.5. The van der Waals surface area contributed by atoms with E-state index in [0.717, 1.165) is 19.3 Å². The van der Waals surface area contributed by atoms with E-state index in [2.05, 4.69) is 10.2 Å². The van der Waals surface area contributed by atoms with E-state index in [0.29, 0.717) is 0 Å². The number of rotatable bonds is 3. The lowest BCUT2D eigenvalue weighted by Crippen LogP contribution is -2.39. The van der Waals surface area contributed by atoms with Gasteiger partial charge in [0.2, 0.25) is 10.0 Å². The van der Waals surface area contributed by atoms with Crippen molar-refractivity contribution in [1.29, 1.82) is 0 Å². The Morgan fingerprint density at radius 2 is 2.29 bits per heavy atom. The van der Waals surface area contributed by atoms with Crippen molar-refractivity contribution in [3.8, 4) is 0 Å². The lowest BCUT2D eigenvalue weighted by atomic mass is 10.2. The van der Waals surface area contributed by atoms with Crippen LogP contribution in [0.4, 0.5) is 5.82 Å². The van der Waals surface area contributed by atoms with Crippen molar-refractivity contribution in [2.75, 3.05) is 5.73 Å². The number of nitrogens with two attached hydrogens (primary N) is 1. The summed E-state index contributed by atoms with van der Waals surface area (Å²) in [5.41, 5.74) is 5.60. The van der Waals surface area contributed by atoms with Gasteiger partial charge in [-0.05, 0) is 26.2 Å². The van der Waals surface area contributed by atoms with Gasteiger partial charge in [-0.2, -0.15) is 9.40 Å². The van der Waals surface area contributed by atoms with Gasteiger partial charge in [0.15, 0.2) is 0 Å². The Kier molecular flexibility index (Phi) is 3.13. The third kappa shape index (κ3) is 1.93. The second-order valence-corrected chi connectivity index (χ2v) is 6.28. The van der Waals surface area contributed by atoms with Crippen molar-refractivity contribution in [3.63, 3.8) is 0 Å². The summed E-state index contributed by atoms with van der Waals surface area (Å²) in [6, 6.07) is 0.101. The summed E-state index contributed by atoms with van der Waals surface area (Å²) < 4.78 is 26.5. The first-order valence-electron chi connectivity index (χ1n) is 5.80. The maximum Gasteiger partial charge on any atom is 0.248 e. The lowest BCUT2D eigenvalue weighted by Gasteiger charge is -2.26. The molecule has 2 heterocycles. The van der Waals surface area contributed by atoms with Crippen LogP contribution in [0, 0.1) is 0 Å². The van der Waals surface area contributed by atoms with E-state index in [1.165, 1.54) is 6.20 Å². The van der Waals surface area contributed by atoms with Crippen LogP contribution in [0.3, 0.4) is 0 Å². The van der Waals surface area contributed by atoms with Gasteiger partial charge < -0.3 is 5.73 Å². The van der Waals surface area contributed by atoms with Crippen molar-refractivity contribution >= 4 is 15.8 Å². The minimum absolute atomic E-state index is 0.0271. The van der Waals surface area contributed by atoms with E-state index >= 15 is 0 Å². The molecular weight excluding hydrogens is 240 g/mol. The summed E-state index contributed by atoms with van der Waals surface area (Å²) in [6.07, 6.45) is 3.91. The molecule has 6 nitrogen and oxygen atoms in total. The molecule has 1 saturated heterocycles. The molecule has 0 spiro atoms. The zero-order valence-corrected chi connectivity index (χ0v) is 10.9. The number of sulfonamides is 1. The smallest absolute Gasteiger partial charge is 0.248 e. The van der Waals surface area contributed by atoms with Gasteiger partial charge in [-0.3, -0.25) is 5.10 Å². The molecule has 2 unspecified atom stereocenters. The lowest BCUT2D eigenvalue weighted by molar-refractivity contribution is 0.329. The van der Waals surface area contributed by atoms with Gasteiger partial charge >= 0.3 is 0 Å². The molecule has 1 aromatic rings. The molecule has 0 radical (unpaired) electrons. The molecule has 1 aliphatic heterocycles. The zero-order valence-electron chi connectivity index (χ0n) is 10.0. The number of aromatic amines is 1. The summed E-state index contributed by atoms with van der Waals surface area (Å²) in [6.45, 7) is 3.94. The average Bonchev–Trinajstić information content (AvgIpc) is 2.84. The fraction of sp³-hybridized carbons (Fsp3) is 0.700. The second kappa shape index (κ2) is 4.30. The third-order valence-electron chi connectivity index (χ3n) is 3.37. The molecule has 0 bridgehead atoms. The zero-order chi connectivity index (χ0) is 12.6. The standard InChI is InChI=1S/C10H18N4O2S/c1-3-8-5-4-7(2)14(8)17(15,16)9-6-12-13-10(9)11/h6-8H,3-5H2,1-2H3,(H3,11,12,13). The minimum atomic E-state index is -3.52. The normalized spacial score (nSPS) is 26.5. The highest BCUT2D eigenvalue weighted by Gasteiger charge is 2.40. The molecule has 3 N–H and O–H groups in total. The molecule has 2 atom stereocenters. The van der Waals surface area contributed by atoms with Crippen molar-refractivity contribution in [2.24, 2.45) is 0 Å². The Balaban J connectivity index is 2.42. The molecular formula is C10H18N4O2S. The Hall–Kier alpha value is -1.08. The van der Waals surface area contributed by atoms with Crippen LogP contribution in [0.2, 0.25) is 0 Å². The van der Waals surface area contributed by atoms with E-state index in [1.807, 2.05) is 13.8 Å². The predicted molar refractivity (Wildman–Crippen MR) is 64.8 cm³/mol. The van der Waals surface area contributed by atoms with Crippen molar-refractivity contribution in [2.45, 2.75) is 50.1 Å². The molecule has 0 amide bonds. The third-order valence-corrected chi connectivity index (χ3v) is 5.47. The first-order chi connectivity index (χ1) is 7.98. The molecule has 0 aliphatic carbocycles. The van der Waals surface area contributed by atoms with E-state index < -0.39 is 10.0 Å². The van der Waals surface area contributed by atoms with Crippen LogP contribution in [-0.4, -0.2) is 35.0 Å². The SMILES string of the molecule is CCC1CCC(C)N1S(=O)(=O)c1cn[nH]c1N. The number of aromatic nitrogens is 2. The predicted octanol–water partition coefficient (Wildman–Crippen LogP) is 0.944. The van der Waals surface area contributed by atoms with Crippen LogP contribution in [0.5, 0.6) is 0 Å². The molecule has 17 heavy (non-hydrogen) atoms. The highest BCUT2D eigenvalue weighted by Crippen LogP contribution is 2.33. The number of H-pyrrole nitrogens is 1. The summed E-state index contributed by atoms with van der Waals surface area (Å²) in [4.78, 5) is 0.0877. The van der Waals surface area contributed by atoms with E-state index in [4.69, 9.17) is 5.73 Å². The van der Waals surface area contributed by atoms with Gasteiger partial charge in [-0.25, -0.2) is 8.42 Å². The molecule has 2 rings (SSSR count). The average molecular weight is 258 g/mol. The molecule has 0 saturated carbocycles. The van der Waals surface area contributed by atoms with Crippen LogP contribution in [0.15, 0.2) is 11.1 Å². The topological polar surface area (TPSA) is 92.1 Å². The molecule has 0 aromatic carbocycles. The second-order valence-electron chi connectivity index (χ2n) is 4.47. The number of anilines is 1. The van der Waals surface area contributed by atoms with Crippen LogP contribution in [0.25, 0.3) is 0 Å². The van der Waals surface area contributed by atoms with Gasteiger partial charge in [0.05, 0.1) is 6.20 Å². The molecule has 7 heteroatoms. The number of hydrogen-bond donors (Lipinski definition) is 2. The van der Waals surface area contributed by atoms with Crippen molar-refractivity contribution in [3.05, 3.63) is 6.20 Å². The maximum atomic E-state index is 12.5. The summed E-state index contributed by atoms with van der Waals surface area (Å²) in [5, 5.41) is 6.15. The van der Waals surface area contributed by atoms with E-state index in [1.54, 1.807) is 4.31 Å². The Labute approximate surface area is 101 Å². The van der Waals surface area contributed by atoms with Gasteiger partial charge in [-0.1, -0.05) is 6.92 Å². The molecule has 1 aliphatic rings. The van der Waals surface area contributed by atoms with Gasteiger partial charge in [0, 0.05) is 12.1 Å². The monoisotopic (exact) mass is 258 g/mol. The highest BCUT2D eigenvalue weighted by molar-refractivity contribution is 7.89. The van der Waals surface area contributed by atoms with Crippen LogP contribution in [-0.2, 0) is 10.0 Å². The van der Waals surface area contributed by atoms with Crippen LogP contribution >= 0.6 is 0 Å². The van der Waals surface area contributed by atoms with Crippen molar-refractivity contribution in [1.82, 2.24) is 14.5 Å². The Bertz CT molecular complexity index is 496.